The maximum atomic E-state index is 12.2. The molecule has 0 aliphatic rings. The zero-order chi connectivity index (χ0) is 20.4. The van der Waals surface area contributed by atoms with Crippen molar-refractivity contribution in [3.05, 3.63) is 59.7 Å². The Morgan fingerprint density at radius 2 is 1.52 bits per heavy atom. The molecule has 0 heterocycles. The summed E-state index contributed by atoms with van der Waals surface area (Å²) in [6.07, 6.45) is -4.35. The second kappa shape index (κ2) is 12.4. The van der Waals surface area contributed by atoms with Crippen LogP contribution in [0.4, 0.5) is 13.2 Å². The van der Waals surface area contributed by atoms with Crippen molar-refractivity contribution in [2.45, 2.75) is 26.2 Å². The smallest absolute Gasteiger partial charge is 0.422 e. The number of guanidine groups is 1. The highest BCUT2D eigenvalue weighted by atomic mass is 127. The number of hydrogen-bond acceptors (Lipinski definition) is 3. The van der Waals surface area contributed by atoms with Crippen molar-refractivity contribution in [1.82, 2.24) is 10.6 Å². The Balaban J connectivity index is 0.00000420. The standard InChI is InChI=1S/C20H24F3N3O2.HI/c1-3-24-19(25-12-15-4-8-17(27-2)9-5-15)26-13-16-6-10-18(11-7-16)28-14-20(21,22)23;/h4-11H,3,12-14H2,1-2H3,(H2,24,25,26);1H. The maximum Gasteiger partial charge on any atom is 0.422 e. The van der Waals surface area contributed by atoms with E-state index in [0.717, 1.165) is 16.9 Å². The van der Waals surface area contributed by atoms with E-state index in [2.05, 4.69) is 15.6 Å². The molecular weight excluding hydrogens is 498 g/mol. The van der Waals surface area contributed by atoms with Crippen molar-refractivity contribution in [3.8, 4) is 11.5 Å². The number of benzene rings is 2. The molecule has 2 rings (SSSR count). The van der Waals surface area contributed by atoms with Crippen molar-refractivity contribution >= 4 is 29.9 Å². The Bertz CT molecular complexity index is 751. The zero-order valence-corrected chi connectivity index (χ0v) is 18.6. The van der Waals surface area contributed by atoms with E-state index in [1.165, 1.54) is 12.1 Å². The first kappa shape index (κ1) is 24.9. The van der Waals surface area contributed by atoms with E-state index in [-0.39, 0.29) is 29.7 Å². The number of aliphatic imine (C=N–C) groups is 1. The normalized spacial score (nSPS) is 11.4. The highest BCUT2D eigenvalue weighted by molar-refractivity contribution is 14.0. The molecule has 2 aromatic carbocycles. The van der Waals surface area contributed by atoms with Gasteiger partial charge in [0, 0.05) is 13.1 Å². The lowest BCUT2D eigenvalue weighted by Gasteiger charge is -2.12. The monoisotopic (exact) mass is 523 g/mol. The predicted molar refractivity (Wildman–Crippen MR) is 118 cm³/mol. The average Bonchev–Trinajstić information content (AvgIpc) is 2.69. The largest absolute Gasteiger partial charge is 0.497 e. The molecule has 0 amide bonds. The molecule has 0 aromatic heterocycles. The SMILES string of the molecule is CCNC(=NCc1ccc(OC)cc1)NCc1ccc(OCC(F)(F)F)cc1.I. The first-order valence-electron chi connectivity index (χ1n) is 8.83. The zero-order valence-electron chi connectivity index (χ0n) is 16.3. The number of nitrogens with one attached hydrogen (secondary N) is 2. The van der Waals surface area contributed by atoms with Gasteiger partial charge in [-0.2, -0.15) is 13.2 Å². The molecule has 29 heavy (non-hydrogen) atoms. The lowest BCUT2D eigenvalue weighted by atomic mass is 10.2. The molecule has 0 saturated heterocycles. The molecule has 160 valence electrons. The predicted octanol–water partition coefficient (Wildman–Crippen LogP) is 4.51. The van der Waals surface area contributed by atoms with Gasteiger partial charge in [-0.15, -0.1) is 24.0 Å². The fourth-order valence-corrected chi connectivity index (χ4v) is 2.30. The third kappa shape index (κ3) is 9.73. The van der Waals surface area contributed by atoms with Gasteiger partial charge in [-0.25, -0.2) is 4.99 Å². The summed E-state index contributed by atoms with van der Waals surface area (Å²) in [7, 11) is 1.62. The second-order valence-corrected chi connectivity index (χ2v) is 5.94. The van der Waals surface area contributed by atoms with Gasteiger partial charge in [0.1, 0.15) is 11.5 Å². The number of hydrogen-bond donors (Lipinski definition) is 2. The van der Waals surface area contributed by atoms with Gasteiger partial charge in [-0.3, -0.25) is 0 Å². The summed E-state index contributed by atoms with van der Waals surface area (Å²) in [6.45, 7) is 2.36. The van der Waals surface area contributed by atoms with Gasteiger partial charge in [-0.1, -0.05) is 24.3 Å². The molecule has 0 aliphatic heterocycles. The average molecular weight is 523 g/mol. The van der Waals surface area contributed by atoms with Crippen molar-refractivity contribution in [3.63, 3.8) is 0 Å². The van der Waals surface area contributed by atoms with E-state index < -0.39 is 12.8 Å². The van der Waals surface area contributed by atoms with E-state index in [4.69, 9.17) is 9.47 Å². The van der Waals surface area contributed by atoms with Gasteiger partial charge in [0.05, 0.1) is 13.7 Å². The minimum atomic E-state index is -4.35. The summed E-state index contributed by atoms with van der Waals surface area (Å²) in [4.78, 5) is 4.53. The van der Waals surface area contributed by atoms with Crippen molar-refractivity contribution in [1.29, 1.82) is 0 Å². The number of rotatable bonds is 8. The van der Waals surface area contributed by atoms with Crippen LogP contribution in [-0.4, -0.2) is 32.4 Å². The highest BCUT2D eigenvalue weighted by Crippen LogP contribution is 2.18. The van der Waals surface area contributed by atoms with E-state index in [1.807, 2.05) is 31.2 Å². The quantitative estimate of drug-likeness (QED) is 0.304. The molecule has 0 atom stereocenters. The first-order valence-corrected chi connectivity index (χ1v) is 8.83. The van der Waals surface area contributed by atoms with Crippen LogP contribution < -0.4 is 20.1 Å². The van der Waals surface area contributed by atoms with Crippen molar-refractivity contribution in [2.24, 2.45) is 4.99 Å². The number of alkyl halides is 3. The summed E-state index contributed by atoms with van der Waals surface area (Å²) in [6, 6.07) is 14.1. The number of ether oxygens (including phenoxy) is 2. The van der Waals surface area contributed by atoms with Gasteiger partial charge in [0.15, 0.2) is 12.6 Å². The topological polar surface area (TPSA) is 54.9 Å². The minimum absolute atomic E-state index is 0. The Hall–Kier alpha value is -2.17. The lowest BCUT2D eigenvalue weighted by Crippen LogP contribution is -2.36. The molecule has 0 radical (unpaired) electrons. The minimum Gasteiger partial charge on any atom is -0.497 e. The molecule has 0 unspecified atom stereocenters. The van der Waals surface area contributed by atoms with E-state index in [0.29, 0.717) is 25.6 Å². The van der Waals surface area contributed by atoms with Crippen LogP contribution in [0.1, 0.15) is 18.1 Å². The van der Waals surface area contributed by atoms with Crippen LogP contribution in [0.25, 0.3) is 0 Å². The Kier molecular flexibility index (Phi) is 10.6. The fraction of sp³-hybridized carbons (Fsp3) is 0.350. The Morgan fingerprint density at radius 1 is 0.931 bits per heavy atom. The van der Waals surface area contributed by atoms with E-state index >= 15 is 0 Å². The van der Waals surface area contributed by atoms with Crippen LogP contribution in [0.15, 0.2) is 53.5 Å². The van der Waals surface area contributed by atoms with Gasteiger partial charge < -0.3 is 20.1 Å². The number of halogens is 4. The maximum absolute atomic E-state index is 12.2. The molecule has 9 heteroatoms. The molecule has 2 aromatic rings. The van der Waals surface area contributed by atoms with Crippen LogP contribution in [0, 0.1) is 0 Å². The fourth-order valence-electron chi connectivity index (χ4n) is 2.30. The summed E-state index contributed by atoms with van der Waals surface area (Å²) >= 11 is 0. The third-order valence-corrected chi connectivity index (χ3v) is 3.71. The van der Waals surface area contributed by atoms with Gasteiger partial charge in [-0.05, 0) is 42.3 Å². The molecule has 5 nitrogen and oxygen atoms in total. The highest BCUT2D eigenvalue weighted by Gasteiger charge is 2.28. The van der Waals surface area contributed by atoms with Crippen LogP contribution in [0.5, 0.6) is 11.5 Å². The van der Waals surface area contributed by atoms with E-state index in [1.54, 1.807) is 19.2 Å². The molecule has 2 N–H and O–H groups in total. The van der Waals surface area contributed by atoms with Gasteiger partial charge >= 0.3 is 6.18 Å². The second-order valence-electron chi connectivity index (χ2n) is 5.94. The third-order valence-electron chi connectivity index (χ3n) is 3.71. The molecular formula is C20H25F3IN3O2. The van der Waals surface area contributed by atoms with Crippen LogP contribution >= 0.6 is 24.0 Å². The summed E-state index contributed by atoms with van der Waals surface area (Å²) in [5.41, 5.74) is 1.94. The molecule has 0 spiro atoms. The molecule has 0 bridgehead atoms. The first-order chi connectivity index (χ1) is 13.4. The summed E-state index contributed by atoms with van der Waals surface area (Å²) in [5, 5.41) is 6.36. The van der Waals surface area contributed by atoms with E-state index in [9.17, 15) is 13.2 Å². The van der Waals surface area contributed by atoms with Gasteiger partial charge in [0.2, 0.25) is 0 Å². The molecule has 0 fully saturated rings. The van der Waals surface area contributed by atoms with Crippen molar-refractivity contribution in [2.75, 3.05) is 20.3 Å². The summed E-state index contributed by atoms with van der Waals surface area (Å²) in [5.74, 6) is 1.62. The Morgan fingerprint density at radius 3 is 2.07 bits per heavy atom. The van der Waals surface area contributed by atoms with Crippen LogP contribution in [0.2, 0.25) is 0 Å². The lowest BCUT2D eigenvalue weighted by molar-refractivity contribution is -0.153. The Labute approximate surface area is 185 Å². The van der Waals surface area contributed by atoms with Crippen LogP contribution in [-0.2, 0) is 13.1 Å². The summed E-state index contributed by atoms with van der Waals surface area (Å²) < 4.78 is 46.4. The number of nitrogens with zero attached hydrogens (tertiary/aromatic N) is 1. The van der Waals surface area contributed by atoms with Crippen molar-refractivity contribution < 1.29 is 22.6 Å². The van der Waals surface area contributed by atoms with Crippen LogP contribution in [0.3, 0.4) is 0 Å². The van der Waals surface area contributed by atoms with Gasteiger partial charge in [0.25, 0.3) is 0 Å². The molecule has 0 saturated carbocycles. The number of methoxy groups -OCH3 is 1. The molecule has 0 aliphatic carbocycles.